The van der Waals surface area contributed by atoms with Gasteiger partial charge in [-0.2, -0.15) is 5.10 Å². The highest BCUT2D eigenvalue weighted by Crippen LogP contribution is 2.15. The van der Waals surface area contributed by atoms with Gasteiger partial charge in [0.15, 0.2) is 5.11 Å². The number of thiophene rings is 1. The summed E-state index contributed by atoms with van der Waals surface area (Å²) in [6, 6.07) is 8.00. The molecular formula is C14H16N4S2. The summed E-state index contributed by atoms with van der Waals surface area (Å²) in [6.45, 7) is 2.01. The molecule has 0 unspecified atom stereocenters. The van der Waals surface area contributed by atoms with Gasteiger partial charge in [-0.15, -0.1) is 11.3 Å². The van der Waals surface area contributed by atoms with E-state index in [1.165, 1.54) is 0 Å². The lowest BCUT2D eigenvalue weighted by molar-refractivity contribution is 0.606. The zero-order chi connectivity index (χ0) is 14.5. The third kappa shape index (κ3) is 3.61. The molecule has 2 aromatic rings. The van der Waals surface area contributed by atoms with Crippen molar-refractivity contribution in [2.75, 3.05) is 14.1 Å². The Morgan fingerprint density at radius 2 is 2.15 bits per heavy atom. The fraction of sp³-hybridized carbons (Fsp3) is 0.214. The van der Waals surface area contributed by atoms with Crippen LogP contribution in [0.4, 0.5) is 0 Å². The summed E-state index contributed by atoms with van der Waals surface area (Å²) < 4.78 is 0. The number of hydrogen-bond donors (Lipinski definition) is 1. The maximum atomic E-state index is 5.19. The van der Waals surface area contributed by atoms with E-state index in [4.69, 9.17) is 12.2 Å². The summed E-state index contributed by atoms with van der Waals surface area (Å²) in [5.74, 6) is 0. The van der Waals surface area contributed by atoms with Gasteiger partial charge < -0.3 is 4.90 Å². The standard InChI is InChI=1S/C14H16N4S2/c1-10-6-7-11(15-9-10)13(12-5-4-8-20-12)16-17-14(19)18(2)3/h4-9H,1-3H3,(H,17,19)/b16-13-. The van der Waals surface area contributed by atoms with E-state index < -0.39 is 0 Å². The normalized spacial score (nSPS) is 11.2. The molecule has 0 saturated carbocycles. The number of pyridine rings is 1. The second kappa shape index (κ2) is 6.58. The lowest BCUT2D eigenvalue weighted by Crippen LogP contribution is -2.31. The van der Waals surface area contributed by atoms with Crippen molar-refractivity contribution in [2.45, 2.75) is 6.92 Å². The Morgan fingerprint density at radius 3 is 2.70 bits per heavy atom. The summed E-state index contributed by atoms with van der Waals surface area (Å²) in [6.07, 6.45) is 1.84. The smallest absolute Gasteiger partial charge is 0.189 e. The molecule has 2 heterocycles. The highest BCUT2D eigenvalue weighted by Gasteiger charge is 2.10. The number of aryl methyl sites for hydroxylation is 1. The average molecular weight is 304 g/mol. The van der Waals surface area contributed by atoms with Crippen molar-refractivity contribution in [3.05, 3.63) is 52.0 Å². The van der Waals surface area contributed by atoms with Crippen LogP contribution in [0.1, 0.15) is 16.1 Å². The molecule has 2 rings (SSSR count). The van der Waals surface area contributed by atoms with Crippen molar-refractivity contribution in [3.63, 3.8) is 0 Å². The van der Waals surface area contributed by atoms with Crippen LogP contribution in [0.5, 0.6) is 0 Å². The molecule has 0 atom stereocenters. The molecule has 0 aliphatic rings. The first-order valence-corrected chi connectivity index (χ1v) is 7.38. The van der Waals surface area contributed by atoms with Gasteiger partial charge in [-0.3, -0.25) is 10.4 Å². The predicted molar refractivity (Wildman–Crippen MR) is 88.4 cm³/mol. The molecule has 0 aliphatic heterocycles. The largest absolute Gasteiger partial charge is 0.354 e. The van der Waals surface area contributed by atoms with Crippen LogP contribution in [0, 0.1) is 6.92 Å². The molecule has 2 aromatic heterocycles. The summed E-state index contributed by atoms with van der Waals surface area (Å²) in [5, 5.41) is 7.00. The van der Waals surface area contributed by atoms with Crippen LogP contribution in [0.3, 0.4) is 0 Å². The SMILES string of the molecule is Cc1ccc(/C(=N/NC(=S)N(C)C)c2cccs2)nc1. The molecule has 0 aromatic carbocycles. The van der Waals surface area contributed by atoms with Crippen LogP contribution in [-0.2, 0) is 0 Å². The van der Waals surface area contributed by atoms with E-state index in [0.717, 1.165) is 21.8 Å². The zero-order valence-corrected chi connectivity index (χ0v) is 13.3. The Hall–Kier alpha value is -1.79. The van der Waals surface area contributed by atoms with Gasteiger partial charge in [0.2, 0.25) is 0 Å². The molecule has 1 N–H and O–H groups in total. The molecule has 0 radical (unpaired) electrons. The van der Waals surface area contributed by atoms with Gasteiger partial charge in [0.25, 0.3) is 0 Å². The molecule has 104 valence electrons. The van der Waals surface area contributed by atoms with E-state index in [-0.39, 0.29) is 0 Å². The number of nitrogens with zero attached hydrogens (tertiary/aromatic N) is 3. The maximum absolute atomic E-state index is 5.19. The third-order valence-corrected chi connectivity index (χ3v) is 3.91. The molecule has 20 heavy (non-hydrogen) atoms. The highest BCUT2D eigenvalue weighted by atomic mass is 32.1. The molecule has 6 heteroatoms. The van der Waals surface area contributed by atoms with E-state index in [9.17, 15) is 0 Å². The van der Waals surface area contributed by atoms with E-state index >= 15 is 0 Å². The Kier molecular flexibility index (Phi) is 4.81. The van der Waals surface area contributed by atoms with Gasteiger partial charge in [-0.05, 0) is 42.2 Å². The van der Waals surface area contributed by atoms with Crippen molar-refractivity contribution >= 4 is 34.4 Å². The Morgan fingerprint density at radius 1 is 1.35 bits per heavy atom. The first-order chi connectivity index (χ1) is 9.58. The molecule has 0 amide bonds. The lowest BCUT2D eigenvalue weighted by Gasteiger charge is -2.13. The van der Waals surface area contributed by atoms with E-state index in [2.05, 4.69) is 15.5 Å². The lowest BCUT2D eigenvalue weighted by atomic mass is 10.2. The van der Waals surface area contributed by atoms with Gasteiger partial charge in [0, 0.05) is 20.3 Å². The van der Waals surface area contributed by atoms with Gasteiger partial charge in [0.1, 0.15) is 5.71 Å². The molecule has 0 spiro atoms. The van der Waals surface area contributed by atoms with E-state index in [1.54, 1.807) is 16.2 Å². The average Bonchev–Trinajstić information content (AvgIpc) is 2.94. The van der Waals surface area contributed by atoms with Crippen molar-refractivity contribution in [2.24, 2.45) is 5.10 Å². The Balaban J connectivity index is 2.33. The number of rotatable bonds is 3. The number of hydrazone groups is 1. The molecular weight excluding hydrogens is 288 g/mol. The van der Waals surface area contributed by atoms with Crippen molar-refractivity contribution in [1.82, 2.24) is 15.3 Å². The quantitative estimate of drug-likeness (QED) is 0.538. The molecule has 0 saturated heterocycles. The first kappa shape index (κ1) is 14.6. The molecule has 0 bridgehead atoms. The molecule has 4 nitrogen and oxygen atoms in total. The summed E-state index contributed by atoms with van der Waals surface area (Å²) in [4.78, 5) is 7.29. The fourth-order valence-corrected chi connectivity index (χ4v) is 2.23. The van der Waals surface area contributed by atoms with Crippen LogP contribution < -0.4 is 5.43 Å². The number of aromatic nitrogens is 1. The van der Waals surface area contributed by atoms with E-state index in [1.807, 2.05) is 56.9 Å². The molecule has 0 aliphatic carbocycles. The second-order valence-electron chi connectivity index (χ2n) is 4.47. The highest BCUT2D eigenvalue weighted by molar-refractivity contribution is 7.80. The number of hydrogen-bond acceptors (Lipinski definition) is 4. The van der Waals surface area contributed by atoms with E-state index in [0.29, 0.717) is 5.11 Å². The maximum Gasteiger partial charge on any atom is 0.189 e. The molecule has 0 fully saturated rings. The van der Waals surface area contributed by atoms with Crippen LogP contribution in [0.15, 0.2) is 40.9 Å². The predicted octanol–water partition coefficient (Wildman–Crippen LogP) is 2.64. The second-order valence-corrected chi connectivity index (χ2v) is 5.80. The fourth-order valence-electron chi connectivity index (χ4n) is 1.46. The Bertz CT molecular complexity index is 601. The minimum Gasteiger partial charge on any atom is -0.354 e. The minimum atomic E-state index is 0.561. The van der Waals surface area contributed by atoms with Crippen LogP contribution >= 0.6 is 23.6 Å². The number of nitrogens with one attached hydrogen (secondary N) is 1. The van der Waals surface area contributed by atoms with Crippen LogP contribution in [-0.4, -0.2) is 34.8 Å². The first-order valence-electron chi connectivity index (χ1n) is 6.10. The van der Waals surface area contributed by atoms with Gasteiger partial charge in [-0.1, -0.05) is 12.1 Å². The van der Waals surface area contributed by atoms with Crippen LogP contribution in [0.25, 0.3) is 0 Å². The number of thiocarbonyl (C=S) groups is 1. The minimum absolute atomic E-state index is 0.561. The van der Waals surface area contributed by atoms with Gasteiger partial charge in [-0.25, -0.2) is 0 Å². The summed E-state index contributed by atoms with van der Waals surface area (Å²) >= 11 is 6.81. The van der Waals surface area contributed by atoms with Gasteiger partial charge >= 0.3 is 0 Å². The Labute approximate surface area is 128 Å². The van der Waals surface area contributed by atoms with Crippen molar-refractivity contribution in [3.8, 4) is 0 Å². The summed E-state index contributed by atoms with van der Waals surface area (Å²) in [7, 11) is 3.75. The van der Waals surface area contributed by atoms with Crippen LogP contribution in [0.2, 0.25) is 0 Å². The third-order valence-electron chi connectivity index (χ3n) is 2.58. The monoisotopic (exact) mass is 304 g/mol. The van der Waals surface area contributed by atoms with Crippen molar-refractivity contribution < 1.29 is 0 Å². The summed E-state index contributed by atoms with van der Waals surface area (Å²) in [5.41, 5.74) is 5.64. The van der Waals surface area contributed by atoms with Crippen molar-refractivity contribution in [1.29, 1.82) is 0 Å². The zero-order valence-electron chi connectivity index (χ0n) is 11.6. The van der Waals surface area contributed by atoms with Gasteiger partial charge in [0.05, 0.1) is 10.6 Å². The topological polar surface area (TPSA) is 40.5 Å².